The summed E-state index contributed by atoms with van der Waals surface area (Å²) in [4.78, 5) is 22.9. The van der Waals surface area contributed by atoms with Crippen LogP contribution >= 0.6 is 0 Å². The number of ether oxygens (including phenoxy) is 2. The van der Waals surface area contributed by atoms with Gasteiger partial charge < -0.3 is 14.8 Å². The zero-order valence-electron chi connectivity index (χ0n) is 17.8. The number of rotatable bonds is 9. The maximum atomic E-state index is 12.5. The number of hydrogen-bond acceptors (Lipinski definition) is 7. The minimum Gasteiger partial charge on any atom is -0.497 e. The summed E-state index contributed by atoms with van der Waals surface area (Å²) >= 11 is 0. The van der Waals surface area contributed by atoms with Crippen molar-refractivity contribution in [1.29, 1.82) is 0 Å². The van der Waals surface area contributed by atoms with Crippen molar-refractivity contribution in [2.24, 2.45) is 0 Å². The van der Waals surface area contributed by atoms with Crippen LogP contribution in [0.25, 0.3) is 0 Å². The minimum absolute atomic E-state index is 0.0853. The Morgan fingerprint density at radius 2 is 2.00 bits per heavy atom. The minimum atomic E-state index is -0.578. The first-order valence-electron chi connectivity index (χ1n) is 9.55. The highest BCUT2D eigenvalue weighted by Crippen LogP contribution is 2.24. The monoisotopic (exact) mass is 428 g/mol. The second kappa shape index (κ2) is 9.28. The summed E-state index contributed by atoms with van der Waals surface area (Å²) in [6.45, 7) is 4.42. The molecule has 3 aromatic rings. The lowest BCUT2D eigenvalue weighted by atomic mass is 10.2. The fourth-order valence-electron chi connectivity index (χ4n) is 3.17. The molecule has 0 spiro atoms. The van der Waals surface area contributed by atoms with Crippen LogP contribution in [0.4, 0.5) is 11.4 Å². The number of methoxy groups -OCH3 is 2. The Hall–Kier alpha value is -3.89. The van der Waals surface area contributed by atoms with Crippen molar-refractivity contribution >= 4 is 17.3 Å². The molecule has 31 heavy (non-hydrogen) atoms. The van der Waals surface area contributed by atoms with Crippen LogP contribution in [0.1, 0.15) is 23.4 Å². The van der Waals surface area contributed by atoms with Crippen molar-refractivity contribution in [3.63, 3.8) is 0 Å². The van der Waals surface area contributed by atoms with Gasteiger partial charge in [0.2, 0.25) is 5.91 Å². The quantitative estimate of drug-likeness (QED) is 0.410. The highest BCUT2D eigenvalue weighted by molar-refractivity contribution is 5.91. The molecule has 0 radical (unpaired) electrons. The van der Waals surface area contributed by atoms with E-state index in [9.17, 15) is 14.9 Å². The summed E-state index contributed by atoms with van der Waals surface area (Å²) in [7, 11) is 2.93. The number of carbonyl (C=O) groups is 1. The van der Waals surface area contributed by atoms with Gasteiger partial charge in [-0.3, -0.25) is 24.3 Å². The first-order chi connectivity index (χ1) is 14.8. The lowest BCUT2D eigenvalue weighted by Gasteiger charge is -2.08. The van der Waals surface area contributed by atoms with Crippen LogP contribution in [0.3, 0.4) is 0 Å². The van der Waals surface area contributed by atoms with Gasteiger partial charge in [-0.15, -0.1) is 5.10 Å². The molecular formula is C20H24N6O5. The molecule has 2 aromatic heterocycles. The molecule has 0 saturated carbocycles. The number of amides is 1. The zero-order valence-corrected chi connectivity index (χ0v) is 17.8. The number of nitro groups is 1. The molecule has 0 atom stereocenters. The van der Waals surface area contributed by atoms with Gasteiger partial charge in [0.15, 0.2) is 0 Å². The predicted octanol–water partition coefficient (Wildman–Crippen LogP) is 2.70. The molecule has 11 nitrogen and oxygen atoms in total. The van der Waals surface area contributed by atoms with E-state index < -0.39 is 4.92 Å². The van der Waals surface area contributed by atoms with Gasteiger partial charge in [0.05, 0.1) is 49.3 Å². The van der Waals surface area contributed by atoms with Crippen LogP contribution in [0.5, 0.6) is 11.6 Å². The van der Waals surface area contributed by atoms with E-state index in [0.717, 1.165) is 17.0 Å². The molecular weight excluding hydrogens is 404 g/mol. The van der Waals surface area contributed by atoms with Gasteiger partial charge in [0, 0.05) is 6.42 Å². The molecule has 0 aliphatic heterocycles. The molecule has 0 fully saturated rings. The SMILES string of the molecule is COc1cccc(Cn2nc(C)c(NC(=O)CCn3cc([N+](=O)[O-])c(OC)n3)c2C)c1. The van der Waals surface area contributed by atoms with E-state index in [1.54, 1.807) is 7.11 Å². The summed E-state index contributed by atoms with van der Waals surface area (Å²) < 4.78 is 13.3. The van der Waals surface area contributed by atoms with Crippen LogP contribution in [-0.2, 0) is 17.9 Å². The van der Waals surface area contributed by atoms with Crippen molar-refractivity contribution in [2.45, 2.75) is 33.4 Å². The number of carbonyl (C=O) groups excluding carboxylic acids is 1. The van der Waals surface area contributed by atoms with Crippen molar-refractivity contribution in [3.8, 4) is 11.6 Å². The van der Waals surface area contributed by atoms with Crippen LogP contribution in [0.2, 0.25) is 0 Å². The summed E-state index contributed by atoms with van der Waals surface area (Å²) in [5.41, 5.74) is 2.96. The highest BCUT2D eigenvalue weighted by atomic mass is 16.6. The first kappa shape index (κ1) is 21.8. The first-order valence-corrected chi connectivity index (χ1v) is 9.55. The molecule has 1 N–H and O–H groups in total. The van der Waals surface area contributed by atoms with E-state index in [2.05, 4.69) is 15.5 Å². The van der Waals surface area contributed by atoms with Gasteiger partial charge in [0.25, 0.3) is 0 Å². The van der Waals surface area contributed by atoms with Crippen molar-refractivity contribution in [3.05, 3.63) is 57.5 Å². The molecule has 0 aliphatic carbocycles. The molecule has 0 unspecified atom stereocenters. The normalized spacial score (nSPS) is 10.7. The summed E-state index contributed by atoms with van der Waals surface area (Å²) in [6, 6.07) is 7.71. The van der Waals surface area contributed by atoms with Gasteiger partial charge in [-0.25, -0.2) is 0 Å². The van der Waals surface area contributed by atoms with Crippen molar-refractivity contribution < 1.29 is 19.2 Å². The second-order valence-electron chi connectivity index (χ2n) is 6.90. The van der Waals surface area contributed by atoms with Crippen LogP contribution in [-0.4, -0.2) is 44.6 Å². The number of nitrogens with zero attached hydrogens (tertiary/aromatic N) is 5. The molecule has 2 heterocycles. The average molecular weight is 428 g/mol. The van der Waals surface area contributed by atoms with Crippen molar-refractivity contribution in [2.75, 3.05) is 19.5 Å². The lowest BCUT2D eigenvalue weighted by Crippen LogP contribution is -2.16. The van der Waals surface area contributed by atoms with E-state index >= 15 is 0 Å². The predicted molar refractivity (Wildman–Crippen MR) is 112 cm³/mol. The number of benzene rings is 1. The zero-order chi connectivity index (χ0) is 22.5. The summed E-state index contributed by atoms with van der Waals surface area (Å²) in [5.74, 6) is 0.434. The Labute approximate surface area is 178 Å². The van der Waals surface area contributed by atoms with Crippen molar-refractivity contribution in [1.82, 2.24) is 19.6 Å². The second-order valence-corrected chi connectivity index (χ2v) is 6.90. The number of nitrogens with one attached hydrogen (secondary N) is 1. The van der Waals surface area contributed by atoms with Gasteiger partial charge in [-0.1, -0.05) is 12.1 Å². The third-order valence-corrected chi connectivity index (χ3v) is 4.78. The highest BCUT2D eigenvalue weighted by Gasteiger charge is 2.21. The number of anilines is 1. The molecule has 164 valence electrons. The number of aromatic nitrogens is 4. The maximum Gasteiger partial charge on any atom is 0.350 e. The summed E-state index contributed by atoms with van der Waals surface area (Å²) in [5, 5.41) is 22.4. The molecule has 1 aromatic carbocycles. The van der Waals surface area contributed by atoms with E-state index in [1.807, 2.05) is 42.8 Å². The largest absolute Gasteiger partial charge is 0.497 e. The summed E-state index contributed by atoms with van der Waals surface area (Å²) in [6.07, 6.45) is 1.33. The van der Waals surface area contributed by atoms with Crippen LogP contribution in [0.15, 0.2) is 30.5 Å². The number of aryl methyl sites for hydroxylation is 2. The third kappa shape index (κ3) is 5.00. The Bertz CT molecular complexity index is 1100. The molecule has 1 amide bonds. The molecule has 3 rings (SSSR count). The Morgan fingerprint density at radius 3 is 2.65 bits per heavy atom. The molecule has 0 saturated heterocycles. The average Bonchev–Trinajstić information content (AvgIpc) is 3.29. The molecule has 0 bridgehead atoms. The Balaban J connectivity index is 1.66. The standard InChI is InChI=1S/C20H24N6O5/c1-13-19(14(2)25(22-13)11-15-6-5-7-16(10-15)30-3)21-18(27)8-9-24-12-17(26(28)29)20(23-24)31-4/h5-7,10,12H,8-9,11H2,1-4H3,(H,21,27). The van der Waals surface area contributed by atoms with Crippen LogP contribution in [0, 0.1) is 24.0 Å². The fraction of sp³-hybridized carbons (Fsp3) is 0.350. The fourth-order valence-corrected chi connectivity index (χ4v) is 3.17. The maximum absolute atomic E-state index is 12.5. The molecule has 0 aliphatic rings. The topological polar surface area (TPSA) is 126 Å². The Kier molecular flexibility index (Phi) is 6.53. The van der Waals surface area contributed by atoms with Crippen LogP contribution < -0.4 is 14.8 Å². The van der Waals surface area contributed by atoms with E-state index in [0.29, 0.717) is 17.9 Å². The lowest BCUT2D eigenvalue weighted by molar-refractivity contribution is -0.385. The van der Waals surface area contributed by atoms with E-state index in [-0.39, 0.29) is 30.4 Å². The Morgan fingerprint density at radius 1 is 1.23 bits per heavy atom. The van der Waals surface area contributed by atoms with E-state index in [4.69, 9.17) is 9.47 Å². The molecule has 11 heteroatoms. The van der Waals surface area contributed by atoms with E-state index in [1.165, 1.54) is 18.0 Å². The van der Waals surface area contributed by atoms with Gasteiger partial charge in [-0.05, 0) is 31.5 Å². The van der Waals surface area contributed by atoms with Gasteiger partial charge >= 0.3 is 11.6 Å². The smallest absolute Gasteiger partial charge is 0.350 e. The van der Waals surface area contributed by atoms with Gasteiger partial charge in [-0.2, -0.15) is 5.10 Å². The third-order valence-electron chi connectivity index (χ3n) is 4.78. The van der Waals surface area contributed by atoms with Gasteiger partial charge in [0.1, 0.15) is 11.9 Å². The number of hydrogen-bond donors (Lipinski definition) is 1.